The summed E-state index contributed by atoms with van der Waals surface area (Å²) in [5.41, 5.74) is -12.5. The first-order chi connectivity index (χ1) is 21.1. The van der Waals surface area contributed by atoms with Gasteiger partial charge in [-0.25, -0.2) is 0 Å². The molecule has 0 radical (unpaired) electrons. The Hall–Kier alpha value is 0.0469. The van der Waals surface area contributed by atoms with Crippen LogP contribution in [-0.4, -0.2) is 71.0 Å². The molecule has 0 aromatic rings. The van der Waals surface area contributed by atoms with Crippen molar-refractivity contribution in [3.8, 4) is 0 Å². The monoisotopic (exact) mass is 753 g/mol. The molecule has 0 aliphatic heterocycles. The minimum atomic E-state index is -6.98. The molecule has 6 nitrogen and oxygen atoms in total. The third kappa shape index (κ3) is 13.4. The second-order valence-corrected chi connectivity index (χ2v) is 28.7. The Labute approximate surface area is 277 Å². The quantitative estimate of drug-likeness (QED) is 0.0361. The maximum atomic E-state index is 14.5. The molecule has 0 bridgehead atoms. The summed E-state index contributed by atoms with van der Waals surface area (Å²) in [6.07, 6.45) is 10.7. The topological polar surface area (TPSA) is 80.8 Å². The average Bonchev–Trinajstić information content (AvgIpc) is 2.93. The Bertz CT molecular complexity index is 985. The molecule has 46 heavy (non-hydrogen) atoms. The van der Waals surface area contributed by atoms with Gasteiger partial charge >= 0.3 is 278 Å². The number of nitrogens with zero attached hydrogens (tertiary/aromatic N) is 1. The Morgan fingerprint density at radius 2 is 0.804 bits per heavy atom. The molecule has 0 N–H and O–H groups in total. The van der Waals surface area contributed by atoms with Gasteiger partial charge in [-0.1, -0.05) is 0 Å². The number of alkyl halides is 6. The molecule has 0 amide bonds. The second-order valence-electron chi connectivity index (χ2n) is 13.6. The summed E-state index contributed by atoms with van der Waals surface area (Å²) < 4.78 is 146. The average molecular weight is 754 g/mol. The van der Waals surface area contributed by atoms with Crippen LogP contribution >= 0.6 is 6.75 Å². The molecule has 0 aromatic carbocycles. The van der Waals surface area contributed by atoms with Crippen LogP contribution < -0.4 is 0 Å². The van der Waals surface area contributed by atoms with Crippen LogP contribution in [0.2, 0.25) is 13.1 Å². The fraction of sp³-hybridized carbons (Fsp3) is 1.00. The number of unbranched alkanes of at least 4 members (excludes halogenated alkanes) is 15. The first-order valence-electron chi connectivity index (χ1n) is 17.1. The molecule has 0 aliphatic carbocycles. The summed E-state index contributed by atoms with van der Waals surface area (Å²) in [7, 11) is -15.9. The van der Waals surface area contributed by atoms with E-state index >= 15 is 0 Å². The van der Waals surface area contributed by atoms with E-state index in [1.165, 1.54) is 7.11 Å². The molecular weight excluding hydrogens is 692 g/mol. The van der Waals surface area contributed by atoms with Crippen LogP contribution in [0.5, 0.6) is 0 Å². The van der Waals surface area contributed by atoms with Crippen molar-refractivity contribution < 1.29 is 47.6 Å². The van der Waals surface area contributed by atoms with Crippen LogP contribution in [-0.2, 0) is 24.5 Å². The van der Waals surface area contributed by atoms with Crippen molar-refractivity contribution in [3.05, 3.63) is 0 Å². The Kier molecular flexibility index (Phi) is 20.1. The zero-order chi connectivity index (χ0) is 35.8. The molecule has 0 aliphatic rings. The van der Waals surface area contributed by atoms with Crippen molar-refractivity contribution in [1.82, 2.24) is 3.48 Å². The molecule has 0 fully saturated rings. The van der Waals surface area contributed by atoms with Crippen molar-refractivity contribution in [1.29, 1.82) is 0 Å². The Morgan fingerprint density at radius 1 is 0.543 bits per heavy atom. The molecule has 0 rings (SSSR count). The van der Waals surface area contributed by atoms with Crippen LogP contribution in [0.1, 0.15) is 136 Å². The number of hydrogen-bond acceptors (Lipinski definition) is 5. The van der Waals surface area contributed by atoms with Crippen molar-refractivity contribution in [2.24, 2.45) is 0 Å². The molecular formula is C30H62F6NO5PS2Si. The summed E-state index contributed by atoms with van der Waals surface area (Å²) >= 11 is 0. The standard InChI is InChI=1S/C30H62F6NO5PS2Si/c1-7-10-13-16-19-22-25-43(28-46(5,6)42-4,26-23-20-17-14-11-8-2,27-24-21-18-15-12-9-3)37(44(38,39)29(31,32)33)45(40,41)30(34,35)36/h7-28H2,1-6H3. The first kappa shape index (κ1) is 46.0. The van der Waals surface area contributed by atoms with Gasteiger partial charge in [-0.05, 0) is 0 Å². The van der Waals surface area contributed by atoms with Crippen LogP contribution in [0.15, 0.2) is 0 Å². The summed E-state index contributed by atoms with van der Waals surface area (Å²) in [6, 6.07) is 0. The molecule has 0 aromatic heterocycles. The SMILES string of the molecule is CCCCCCCCP(CCCCCCCC)(CCCCCCCC)(C[Si](C)(C)OC)N(S(=O)(=O)C(F)(F)F)S(=O)(=O)C(F)(F)F. The third-order valence-corrected chi connectivity index (χ3v) is 29.0. The van der Waals surface area contributed by atoms with Gasteiger partial charge in [0.15, 0.2) is 0 Å². The van der Waals surface area contributed by atoms with Crippen LogP contribution in [0.4, 0.5) is 26.3 Å². The zero-order valence-electron chi connectivity index (χ0n) is 29.1. The number of sulfonamides is 2. The Morgan fingerprint density at radius 3 is 1.04 bits per heavy atom. The van der Waals surface area contributed by atoms with Gasteiger partial charge in [0.25, 0.3) is 0 Å². The normalized spacial score (nSPS) is 14.9. The number of halogens is 6. The van der Waals surface area contributed by atoms with Crippen molar-refractivity contribution in [2.75, 3.05) is 31.4 Å². The van der Waals surface area contributed by atoms with Crippen molar-refractivity contribution in [3.63, 3.8) is 0 Å². The molecule has 0 saturated heterocycles. The van der Waals surface area contributed by atoms with Gasteiger partial charge in [0.1, 0.15) is 0 Å². The van der Waals surface area contributed by atoms with E-state index in [0.29, 0.717) is 38.5 Å². The first-order valence-corrected chi connectivity index (χ1v) is 26.1. The van der Waals surface area contributed by atoms with Crippen LogP contribution in [0.25, 0.3) is 0 Å². The van der Waals surface area contributed by atoms with Gasteiger partial charge in [0.2, 0.25) is 0 Å². The third-order valence-electron chi connectivity index (χ3n) is 9.06. The Balaban J connectivity index is 7.80. The fourth-order valence-electron chi connectivity index (χ4n) is 6.73. The molecule has 0 spiro atoms. The molecule has 280 valence electrons. The van der Waals surface area contributed by atoms with Gasteiger partial charge in [-0.2, -0.15) is 0 Å². The second kappa shape index (κ2) is 20.0. The van der Waals surface area contributed by atoms with E-state index in [1.807, 2.05) is 20.8 Å². The molecule has 16 heteroatoms. The van der Waals surface area contributed by atoms with Gasteiger partial charge < -0.3 is 0 Å². The van der Waals surface area contributed by atoms with E-state index in [2.05, 4.69) is 0 Å². The predicted molar refractivity (Wildman–Crippen MR) is 183 cm³/mol. The summed E-state index contributed by atoms with van der Waals surface area (Å²) in [6.45, 7) is 4.05. The van der Waals surface area contributed by atoms with Gasteiger partial charge in [-0.15, -0.1) is 0 Å². The van der Waals surface area contributed by atoms with Crippen molar-refractivity contribution >= 4 is 35.1 Å². The van der Waals surface area contributed by atoms with E-state index in [0.717, 1.165) is 57.8 Å². The van der Waals surface area contributed by atoms with Crippen LogP contribution in [0, 0.1) is 0 Å². The van der Waals surface area contributed by atoms with E-state index in [-0.39, 0.29) is 37.7 Å². The van der Waals surface area contributed by atoms with Crippen LogP contribution in [0.3, 0.4) is 0 Å². The molecule has 0 atom stereocenters. The minimum absolute atomic E-state index is 0.138. The van der Waals surface area contributed by atoms with E-state index in [9.17, 15) is 43.2 Å². The molecule has 0 saturated carbocycles. The summed E-state index contributed by atoms with van der Waals surface area (Å²) in [4.78, 5) is 0. The van der Waals surface area contributed by atoms with Gasteiger partial charge in [-0.3, -0.25) is 0 Å². The summed E-state index contributed by atoms with van der Waals surface area (Å²) in [5.74, 6) is -0.390. The fourth-order valence-corrected chi connectivity index (χ4v) is 31.5. The van der Waals surface area contributed by atoms with Gasteiger partial charge in [0, 0.05) is 0 Å². The maximum absolute atomic E-state index is 14.5. The van der Waals surface area contributed by atoms with Gasteiger partial charge in [0.05, 0.1) is 0 Å². The van der Waals surface area contributed by atoms with E-state index in [4.69, 9.17) is 4.43 Å². The van der Waals surface area contributed by atoms with Crippen molar-refractivity contribution in [2.45, 2.75) is 160 Å². The number of hydrogen-bond donors (Lipinski definition) is 0. The molecule has 0 unspecified atom stereocenters. The number of rotatable bonds is 27. The summed E-state index contributed by atoms with van der Waals surface area (Å²) in [5, 5.41) is 0. The molecule has 0 heterocycles. The zero-order valence-corrected chi connectivity index (χ0v) is 32.6. The van der Waals surface area contributed by atoms with E-state index in [1.54, 1.807) is 13.1 Å². The predicted octanol–water partition coefficient (Wildman–Crippen LogP) is 10.9. The van der Waals surface area contributed by atoms with E-state index < -0.39 is 55.4 Å².